The standard InChI is InChI=1S/C14H15NOS/c1-3-4-5-8-17-13-11-9-10(2)6-7-12(11)15-14(13)16/h4-7,9H,3,8H2,1-2H3/b5-4+. The van der Waals surface area contributed by atoms with E-state index in [0.717, 1.165) is 33.2 Å². The number of thioether (sulfide) groups is 1. The third-order valence-corrected chi connectivity index (χ3v) is 3.58. The number of carbonyl (C=O) groups is 1. The van der Waals surface area contributed by atoms with Crippen molar-refractivity contribution in [2.75, 3.05) is 5.75 Å². The number of hydrogen-bond donors (Lipinski definition) is 0. The normalized spacial score (nSPS) is 14.2. The van der Waals surface area contributed by atoms with Crippen molar-refractivity contribution in [3.8, 4) is 0 Å². The lowest BCUT2D eigenvalue weighted by atomic mass is 10.2. The molecule has 0 fully saturated rings. The summed E-state index contributed by atoms with van der Waals surface area (Å²) in [5.41, 5.74) is 1.16. The van der Waals surface area contributed by atoms with Gasteiger partial charge in [0.05, 0.1) is 10.3 Å². The molecule has 0 atom stereocenters. The maximum atomic E-state index is 11.8. The van der Waals surface area contributed by atoms with Gasteiger partial charge in [0.1, 0.15) is 0 Å². The van der Waals surface area contributed by atoms with Crippen LogP contribution in [-0.4, -0.2) is 11.7 Å². The predicted octanol–water partition coefficient (Wildman–Crippen LogP) is 1.96. The Morgan fingerprint density at radius 1 is 1.35 bits per heavy atom. The lowest BCUT2D eigenvalue weighted by Crippen LogP contribution is -2.22. The number of benzene rings is 1. The van der Waals surface area contributed by atoms with E-state index < -0.39 is 0 Å². The zero-order chi connectivity index (χ0) is 12.3. The second kappa shape index (κ2) is 5.32. The summed E-state index contributed by atoms with van der Waals surface area (Å²) in [5, 5.41) is 1.80. The Hall–Kier alpha value is -1.35. The molecule has 0 saturated heterocycles. The van der Waals surface area contributed by atoms with Gasteiger partial charge in [-0.25, -0.2) is 4.99 Å². The van der Waals surface area contributed by atoms with Gasteiger partial charge in [0, 0.05) is 11.0 Å². The molecule has 2 nitrogen and oxygen atoms in total. The van der Waals surface area contributed by atoms with Crippen LogP contribution in [0, 0.1) is 6.92 Å². The summed E-state index contributed by atoms with van der Waals surface area (Å²) >= 11 is 1.57. The molecule has 1 aliphatic heterocycles. The Morgan fingerprint density at radius 3 is 2.94 bits per heavy atom. The number of fused-ring (bicyclic) bond motifs is 1. The third kappa shape index (κ3) is 2.67. The molecule has 1 aromatic carbocycles. The van der Waals surface area contributed by atoms with Crippen LogP contribution in [0.2, 0.25) is 0 Å². The largest absolute Gasteiger partial charge is 0.284 e. The molecule has 17 heavy (non-hydrogen) atoms. The smallest absolute Gasteiger partial charge is 0.266 e. The van der Waals surface area contributed by atoms with Gasteiger partial charge < -0.3 is 0 Å². The van der Waals surface area contributed by atoms with E-state index in [1.54, 1.807) is 11.8 Å². The van der Waals surface area contributed by atoms with Crippen LogP contribution in [0.25, 0.3) is 4.91 Å². The minimum absolute atomic E-state index is 0.0968. The van der Waals surface area contributed by atoms with Gasteiger partial charge in [0.25, 0.3) is 5.91 Å². The van der Waals surface area contributed by atoms with Gasteiger partial charge in [0.2, 0.25) is 0 Å². The number of rotatable bonds is 4. The van der Waals surface area contributed by atoms with Crippen molar-refractivity contribution in [2.45, 2.75) is 20.3 Å². The monoisotopic (exact) mass is 245 g/mol. The number of hydrogen-bond acceptors (Lipinski definition) is 2. The van der Waals surface area contributed by atoms with E-state index in [9.17, 15) is 4.79 Å². The molecule has 0 saturated carbocycles. The van der Waals surface area contributed by atoms with Gasteiger partial charge in [-0.15, -0.1) is 11.8 Å². The number of allylic oxidation sites excluding steroid dienone is 1. The zero-order valence-corrected chi connectivity index (χ0v) is 10.9. The SMILES string of the molecule is CC/C=C/CSC1=c2cc(C)ccc2=NC1=O. The highest BCUT2D eigenvalue weighted by Gasteiger charge is 2.15. The van der Waals surface area contributed by atoms with Crippen LogP contribution in [0.1, 0.15) is 18.9 Å². The first-order valence-corrected chi connectivity index (χ1v) is 6.72. The Morgan fingerprint density at radius 2 is 2.18 bits per heavy atom. The number of amides is 1. The van der Waals surface area contributed by atoms with E-state index in [4.69, 9.17) is 0 Å². The fourth-order valence-electron chi connectivity index (χ4n) is 1.71. The van der Waals surface area contributed by atoms with Gasteiger partial charge in [-0.05, 0) is 25.5 Å². The van der Waals surface area contributed by atoms with E-state index in [-0.39, 0.29) is 5.91 Å². The molecular formula is C14H15NOS. The van der Waals surface area contributed by atoms with Crippen LogP contribution in [0.15, 0.2) is 35.3 Å². The summed E-state index contributed by atoms with van der Waals surface area (Å²) in [6.07, 6.45) is 5.24. The quantitative estimate of drug-likeness (QED) is 0.759. The van der Waals surface area contributed by atoms with Crippen LogP contribution in [-0.2, 0) is 4.79 Å². The Labute approximate surface area is 105 Å². The second-order valence-corrected chi connectivity index (χ2v) is 4.99. The second-order valence-electron chi connectivity index (χ2n) is 3.96. The summed E-state index contributed by atoms with van der Waals surface area (Å²) in [6, 6.07) is 5.94. The van der Waals surface area contributed by atoms with Gasteiger partial charge in [0.15, 0.2) is 0 Å². The number of nitrogens with zero attached hydrogens (tertiary/aromatic N) is 1. The van der Waals surface area contributed by atoms with Gasteiger partial charge in [-0.1, -0.05) is 30.7 Å². The summed E-state index contributed by atoms with van der Waals surface area (Å²) < 4.78 is 0. The van der Waals surface area contributed by atoms with Gasteiger partial charge in [-0.2, -0.15) is 0 Å². The van der Waals surface area contributed by atoms with Crippen molar-refractivity contribution >= 4 is 22.6 Å². The Bertz CT molecular complexity index is 587. The third-order valence-electron chi connectivity index (χ3n) is 2.54. The van der Waals surface area contributed by atoms with E-state index >= 15 is 0 Å². The van der Waals surface area contributed by atoms with Crippen LogP contribution in [0.5, 0.6) is 0 Å². The minimum Gasteiger partial charge on any atom is -0.266 e. The fraction of sp³-hybridized carbons (Fsp3) is 0.286. The molecule has 3 heteroatoms. The highest BCUT2D eigenvalue weighted by molar-refractivity contribution is 8.09. The zero-order valence-electron chi connectivity index (χ0n) is 10.1. The summed E-state index contributed by atoms with van der Waals surface area (Å²) in [5.74, 6) is 0.734. The van der Waals surface area contributed by atoms with Crippen LogP contribution >= 0.6 is 11.8 Å². The molecule has 0 radical (unpaired) electrons. The molecule has 0 bridgehead atoms. The van der Waals surface area contributed by atoms with Crippen molar-refractivity contribution in [1.29, 1.82) is 0 Å². The van der Waals surface area contributed by atoms with E-state index in [2.05, 4.69) is 24.1 Å². The maximum absolute atomic E-state index is 11.8. The average molecular weight is 245 g/mol. The van der Waals surface area contributed by atoms with Crippen molar-refractivity contribution in [3.05, 3.63) is 46.5 Å². The van der Waals surface area contributed by atoms with E-state index in [0.29, 0.717) is 0 Å². The number of carbonyl (C=O) groups excluding carboxylic acids is 1. The summed E-state index contributed by atoms with van der Waals surface area (Å²) in [4.78, 5) is 16.6. The molecule has 1 amide bonds. The van der Waals surface area contributed by atoms with Crippen molar-refractivity contribution in [2.24, 2.45) is 4.99 Å². The highest BCUT2D eigenvalue weighted by Crippen LogP contribution is 2.18. The Kier molecular flexibility index (Phi) is 3.79. The van der Waals surface area contributed by atoms with Crippen molar-refractivity contribution in [3.63, 3.8) is 0 Å². The first kappa shape index (κ1) is 12.1. The molecule has 0 aromatic heterocycles. The predicted molar refractivity (Wildman–Crippen MR) is 72.3 cm³/mol. The molecule has 1 aromatic rings. The summed E-state index contributed by atoms with van der Waals surface area (Å²) in [7, 11) is 0. The molecular weight excluding hydrogens is 230 g/mol. The molecule has 0 unspecified atom stereocenters. The molecule has 1 heterocycles. The van der Waals surface area contributed by atoms with Crippen molar-refractivity contribution in [1.82, 2.24) is 0 Å². The molecule has 0 N–H and O–H groups in total. The molecule has 1 aliphatic rings. The first-order chi connectivity index (χ1) is 8.22. The lowest BCUT2D eigenvalue weighted by Gasteiger charge is -1.96. The van der Waals surface area contributed by atoms with E-state index in [1.807, 2.05) is 25.1 Å². The topological polar surface area (TPSA) is 29.4 Å². The highest BCUT2D eigenvalue weighted by atomic mass is 32.2. The molecule has 0 spiro atoms. The van der Waals surface area contributed by atoms with E-state index in [1.165, 1.54) is 0 Å². The lowest BCUT2D eigenvalue weighted by molar-refractivity contribution is -0.112. The maximum Gasteiger partial charge on any atom is 0.284 e. The minimum atomic E-state index is -0.0968. The van der Waals surface area contributed by atoms with Gasteiger partial charge >= 0.3 is 0 Å². The van der Waals surface area contributed by atoms with Crippen LogP contribution in [0.4, 0.5) is 0 Å². The van der Waals surface area contributed by atoms with Crippen molar-refractivity contribution < 1.29 is 4.79 Å². The summed E-state index contributed by atoms with van der Waals surface area (Å²) in [6.45, 7) is 4.13. The molecule has 2 rings (SSSR count). The van der Waals surface area contributed by atoms with Crippen LogP contribution in [0.3, 0.4) is 0 Å². The fourth-order valence-corrected chi connectivity index (χ4v) is 2.60. The Balaban J connectivity index is 2.32. The molecule has 88 valence electrons. The van der Waals surface area contributed by atoms with Crippen LogP contribution < -0.4 is 10.6 Å². The number of aryl methyl sites for hydroxylation is 1. The average Bonchev–Trinajstić information content (AvgIpc) is 2.61. The first-order valence-electron chi connectivity index (χ1n) is 5.74. The molecule has 0 aliphatic carbocycles. The van der Waals surface area contributed by atoms with Gasteiger partial charge in [-0.3, -0.25) is 4.79 Å².